The van der Waals surface area contributed by atoms with E-state index in [-0.39, 0.29) is 5.41 Å². The van der Waals surface area contributed by atoms with Gasteiger partial charge >= 0.3 is 0 Å². The van der Waals surface area contributed by atoms with Crippen LogP contribution in [0.3, 0.4) is 0 Å². The zero-order valence-corrected chi connectivity index (χ0v) is 31.6. The molecule has 0 saturated heterocycles. The lowest BCUT2D eigenvalue weighted by Gasteiger charge is -2.23. The highest BCUT2D eigenvalue weighted by molar-refractivity contribution is 8.00. The van der Waals surface area contributed by atoms with Crippen molar-refractivity contribution in [1.29, 1.82) is 0 Å². The molecule has 9 aromatic rings. The van der Waals surface area contributed by atoms with Gasteiger partial charge in [0.1, 0.15) is 0 Å². The molecule has 1 nitrogen and oxygen atoms in total. The summed E-state index contributed by atoms with van der Waals surface area (Å²) in [5, 5.41) is 5.67. The summed E-state index contributed by atoms with van der Waals surface area (Å²) in [4.78, 5) is 1.41. The van der Waals surface area contributed by atoms with Crippen molar-refractivity contribution in [2.75, 3.05) is 0 Å². The van der Waals surface area contributed by atoms with Crippen LogP contribution in [0.4, 0.5) is 0 Å². The van der Waals surface area contributed by atoms with Crippen LogP contribution in [0, 0.1) is 0 Å². The number of fused-ring (bicyclic) bond motifs is 12. The van der Waals surface area contributed by atoms with Crippen LogP contribution >= 0.6 is 23.1 Å². The molecule has 2 aliphatic carbocycles. The molecule has 2 aromatic heterocycles. The van der Waals surface area contributed by atoms with Crippen LogP contribution in [-0.2, 0) is 5.41 Å². The second kappa shape index (κ2) is 11.2. The molecule has 0 bridgehead atoms. The first-order valence-corrected chi connectivity index (χ1v) is 20.6. The van der Waals surface area contributed by atoms with Gasteiger partial charge in [-0.1, -0.05) is 129 Å². The molecule has 7 aromatic carbocycles. The fourth-order valence-corrected chi connectivity index (χ4v) is 12.5. The highest BCUT2D eigenvalue weighted by atomic mass is 32.2. The molecule has 54 heavy (non-hydrogen) atoms. The van der Waals surface area contributed by atoms with Crippen LogP contribution < -0.4 is 0 Å². The van der Waals surface area contributed by atoms with Gasteiger partial charge in [0.05, 0.1) is 11.0 Å². The molecule has 0 saturated carbocycles. The van der Waals surface area contributed by atoms with Crippen LogP contribution in [0.15, 0.2) is 169 Å². The predicted molar refractivity (Wildman–Crippen MR) is 233 cm³/mol. The molecule has 256 valence electrons. The van der Waals surface area contributed by atoms with E-state index in [9.17, 15) is 0 Å². The van der Waals surface area contributed by atoms with E-state index in [0.717, 1.165) is 0 Å². The van der Waals surface area contributed by atoms with E-state index < -0.39 is 0 Å². The molecule has 0 spiro atoms. The van der Waals surface area contributed by atoms with Crippen LogP contribution in [-0.4, -0.2) is 9.82 Å². The highest BCUT2D eigenvalue weighted by Gasteiger charge is 2.37. The third kappa shape index (κ3) is 4.23. The first kappa shape index (κ1) is 30.8. The zero-order chi connectivity index (χ0) is 35.7. The number of allylic oxidation sites excluding steroid dienone is 3. The van der Waals surface area contributed by atoms with Gasteiger partial charge in [0.2, 0.25) is 0 Å². The Labute approximate surface area is 322 Å². The van der Waals surface area contributed by atoms with Crippen molar-refractivity contribution in [2.45, 2.75) is 35.3 Å². The number of hydrogen-bond acceptors (Lipinski definition) is 2. The van der Waals surface area contributed by atoms with E-state index in [0.29, 0.717) is 11.2 Å². The summed E-state index contributed by atoms with van der Waals surface area (Å²) in [7, 11) is 0. The van der Waals surface area contributed by atoms with Crippen molar-refractivity contribution in [3.8, 4) is 27.9 Å². The third-order valence-corrected chi connectivity index (χ3v) is 15.0. The Morgan fingerprint density at radius 1 is 0.574 bits per heavy atom. The Balaban J connectivity index is 1.05. The Hall–Kier alpha value is -5.61. The SMILES string of the molecule is CC1(C)c2ccccc2-c2cc3c4cc(C5=CC=CC6c7ccccc7SC56)ccc4n(-c4ccc(-c5cccc6c5sc5ccccc56)cc4)c3cc21. The summed E-state index contributed by atoms with van der Waals surface area (Å²) in [5.74, 6) is 0.405. The van der Waals surface area contributed by atoms with Gasteiger partial charge < -0.3 is 4.57 Å². The summed E-state index contributed by atoms with van der Waals surface area (Å²) in [5.41, 5.74) is 15.9. The summed E-state index contributed by atoms with van der Waals surface area (Å²) < 4.78 is 5.20. The van der Waals surface area contributed by atoms with E-state index in [2.05, 4.69) is 182 Å². The summed E-state index contributed by atoms with van der Waals surface area (Å²) in [6, 6.07) is 55.0. The van der Waals surface area contributed by atoms with Gasteiger partial charge in [-0.05, 0) is 98.6 Å². The topological polar surface area (TPSA) is 4.93 Å². The van der Waals surface area contributed by atoms with E-state index >= 15 is 0 Å². The van der Waals surface area contributed by atoms with Crippen molar-refractivity contribution >= 4 is 70.6 Å². The highest BCUT2D eigenvalue weighted by Crippen LogP contribution is 2.54. The molecule has 1 aliphatic heterocycles. The van der Waals surface area contributed by atoms with E-state index in [1.165, 1.54) is 103 Å². The lowest BCUT2D eigenvalue weighted by atomic mass is 9.82. The first-order chi connectivity index (χ1) is 26.5. The van der Waals surface area contributed by atoms with Crippen molar-refractivity contribution < 1.29 is 0 Å². The Morgan fingerprint density at radius 3 is 2.26 bits per heavy atom. The summed E-state index contributed by atoms with van der Waals surface area (Å²) in [6.45, 7) is 4.77. The van der Waals surface area contributed by atoms with E-state index in [4.69, 9.17) is 0 Å². The lowest BCUT2D eigenvalue weighted by Crippen LogP contribution is -2.14. The fourth-order valence-electron chi connectivity index (χ4n) is 9.77. The van der Waals surface area contributed by atoms with Crippen LogP contribution in [0.5, 0.6) is 0 Å². The molecule has 2 unspecified atom stereocenters. The number of aromatic nitrogens is 1. The third-order valence-electron chi connectivity index (χ3n) is 12.4. The number of hydrogen-bond donors (Lipinski definition) is 0. The van der Waals surface area contributed by atoms with E-state index in [1.807, 2.05) is 23.1 Å². The van der Waals surface area contributed by atoms with Gasteiger partial charge in [-0.15, -0.1) is 23.1 Å². The Morgan fingerprint density at radius 2 is 1.33 bits per heavy atom. The normalized spacial score (nSPS) is 17.9. The van der Waals surface area contributed by atoms with Crippen LogP contribution in [0.2, 0.25) is 0 Å². The van der Waals surface area contributed by atoms with Gasteiger partial charge in [0.25, 0.3) is 0 Å². The zero-order valence-electron chi connectivity index (χ0n) is 30.0. The fraction of sp³-hybridized carbons (Fsp3) is 0.0980. The lowest BCUT2D eigenvalue weighted by molar-refractivity contribution is 0.661. The number of benzene rings is 7. The molecule has 12 rings (SSSR count). The molecule has 3 aliphatic rings. The standard InChI is InChI=1S/C51H35NS2/c1-51(2)43-18-6-3-11-35(43)40-28-42-41-27-31(34-15-10-17-39-37-13-5-8-20-48(37)54-50(34)39)23-26-45(41)52(46(42)29-44(40)51)32-24-21-30(22-25-32)33-14-9-16-38-36-12-4-7-19-47(36)53-49(33)38/h3-29,39,50H,1-2H3. The Kier molecular flexibility index (Phi) is 6.39. The molecule has 3 heteroatoms. The number of rotatable bonds is 3. The molecule has 2 atom stereocenters. The molecule has 3 heterocycles. The van der Waals surface area contributed by atoms with Crippen molar-refractivity contribution in [3.63, 3.8) is 0 Å². The largest absolute Gasteiger partial charge is 0.309 e. The first-order valence-electron chi connectivity index (χ1n) is 18.9. The number of nitrogens with zero attached hydrogens (tertiary/aromatic N) is 1. The second-order valence-corrected chi connectivity index (χ2v) is 17.8. The molecule has 0 N–H and O–H groups in total. The van der Waals surface area contributed by atoms with Crippen molar-refractivity contribution in [2.24, 2.45) is 0 Å². The average molecular weight is 726 g/mol. The Bertz CT molecular complexity index is 3110. The van der Waals surface area contributed by atoms with Gasteiger partial charge in [-0.2, -0.15) is 0 Å². The smallest absolute Gasteiger partial charge is 0.0544 e. The van der Waals surface area contributed by atoms with Gasteiger partial charge in [-0.25, -0.2) is 0 Å². The summed E-state index contributed by atoms with van der Waals surface area (Å²) in [6.07, 6.45) is 7.02. The number of thioether (sulfide) groups is 1. The molecule has 0 amide bonds. The maximum atomic E-state index is 2.51. The maximum absolute atomic E-state index is 2.51. The predicted octanol–water partition coefficient (Wildman–Crippen LogP) is 14.3. The quantitative estimate of drug-likeness (QED) is 0.176. The number of thiophene rings is 1. The van der Waals surface area contributed by atoms with Gasteiger partial charge in [0, 0.05) is 58.1 Å². The summed E-state index contributed by atoms with van der Waals surface area (Å²) >= 11 is 3.91. The minimum Gasteiger partial charge on any atom is -0.309 e. The van der Waals surface area contributed by atoms with Gasteiger partial charge in [0.15, 0.2) is 0 Å². The van der Waals surface area contributed by atoms with Crippen LogP contribution in [0.1, 0.15) is 42.0 Å². The molecular formula is C51H35NS2. The van der Waals surface area contributed by atoms with Gasteiger partial charge in [-0.3, -0.25) is 0 Å². The van der Waals surface area contributed by atoms with Crippen molar-refractivity contribution in [1.82, 2.24) is 4.57 Å². The molecular weight excluding hydrogens is 691 g/mol. The van der Waals surface area contributed by atoms with E-state index in [1.54, 1.807) is 0 Å². The monoisotopic (exact) mass is 725 g/mol. The minimum atomic E-state index is -0.0810. The maximum Gasteiger partial charge on any atom is 0.0544 e. The second-order valence-electron chi connectivity index (χ2n) is 15.6. The van der Waals surface area contributed by atoms with Crippen LogP contribution in [0.25, 0.3) is 75.5 Å². The minimum absolute atomic E-state index is 0.0810. The van der Waals surface area contributed by atoms with Crippen molar-refractivity contribution in [3.05, 3.63) is 186 Å². The molecule has 0 fully saturated rings. The average Bonchev–Trinajstić information content (AvgIpc) is 3.94. The molecule has 0 radical (unpaired) electrons.